The second-order valence-electron chi connectivity index (χ2n) is 5.20. The maximum Gasteiger partial charge on any atom is 0.126 e. The van der Waals surface area contributed by atoms with E-state index in [0.717, 1.165) is 17.7 Å². The zero-order chi connectivity index (χ0) is 13.9. The minimum atomic E-state index is -0.248. The summed E-state index contributed by atoms with van der Waals surface area (Å²) >= 11 is 0. The molecule has 0 aliphatic heterocycles. The Morgan fingerprint density at radius 2 is 2.05 bits per heavy atom. The number of rotatable bonds is 5. The van der Waals surface area contributed by atoms with Crippen LogP contribution in [0.25, 0.3) is 11.1 Å². The third-order valence-electron chi connectivity index (χ3n) is 3.57. The average Bonchev–Trinajstić information content (AvgIpc) is 3.30. The Kier molecular flexibility index (Phi) is 3.70. The van der Waals surface area contributed by atoms with Gasteiger partial charge in [0.25, 0.3) is 0 Å². The molecule has 0 amide bonds. The van der Waals surface area contributed by atoms with Gasteiger partial charge in [-0.05, 0) is 48.2 Å². The van der Waals surface area contributed by atoms with Crippen LogP contribution in [0.4, 0.5) is 4.39 Å². The van der Waals surface area contributed by atoms with Gasteiger partial charge in [0.15, 0.2) is 0 Å². The first kappa shape index (κ1) is 13.1. The third-order valence-corrected chi connectivity index (χ3v) is 3.57. The van der Waals surface area contributed by atoms with Crippen LogP contribution in [-0.2, 0) is 6.54 Å². The molecule has 2 nitrogen and oxygen atoms in total. The minimum Gasteiger partial charge on any atom is -0.496 e. The van der Waals surface area contributed by atoms with Gasteiger partial charge < -0.3 is 10.1 Å². The predicted octanol–water partition coefficient (Wildman–Crippen LogP) is 3.75. The summed E-state index contributed by atoms with van der Waals surface area (Å²) in [6, 6.07) is 13.5. The molecule has 2 aromatic carbocycles. The molecule has 0 spiro atoms. The molecule has 1 saturated carbocycles. The Morgan fingerprint density at radius 3 is 2.80 bits per heavy atom. The Morgan fingerprint density at radius 1 is 1.20 bits per heavy atom. The summed E-state index contributed by atoms with van der Waals surface area (Å²) in [5.41, 5.74) is 2.98. The maximum absolute atomic E-state index is 13.5. The van der Waals surface area contributed by atoms with E-state index in [1.165, 1.54) is 30.5 Å². The van der Waals surface area contributed by atoms with Crippen molar-refractivity contribution in [2.24, 2.45) is 0 Å². The molecule has 20 heavy (non-hydrogen) atoms. The topological polar surface area (TPSA) is 21.3 Å². The van der Waals surface area contributed by atoms with Crippen LogP contribution in [0.2, 0.25) is 0 Å². The summed E-state index contributed by atoms with van der Waals surface area (Å²) in [5.74, 6) is 0.445. The normalized spacial score (nSPS) is 14.3. The monoisotopic (exact) mass is 271 g/mol. The first-order chi connectivity index (χ1) is 9.76. The van der Waals surface area contributed by atoms with E-state index >= 15 is 0 Å². The highest BCUT2D eigenvalue weighted by Gasteiger charge is 2.20. The lowest BCUT2D eigenvalue weighted by Crippen LogP contribution is -2.15. The molecule has 0 atom stereocenters. The summed E-state index contributed by atoms with van der Waals surface area (Å²) in [4.78, 5) is 0. The van der Waals surface area contributed by atoms with Gasteiger partial charge in [-0.3, -0.25) is 0 Å². The predicted molar refractivity (Wildman–Crippen MR) is 78.2 cm³/mol. The molecule has 1 fully saturated rings. The summed E-state index contributed by atoms with van der Waals surface area (Å²) in [5, 5.41) is 3.49. The van der Waals surface area contributed by atoms with Gasteiger partial charge in [-0.15, -0.1) is 0 Å². The lowest BCUT2D eigenvalue weighted by atomic mass is 10.0. The van der Waals surface area contributed by atoms with Gasteiger partial charge in [-0.25, -0.2) is 4.39 Å². The van der Waals surface area contributed by atoms with E-state index in [-0.39, 0.29) is 5.82 Å². The fraction of sp³-hybridized carbons (Fsp3) is 0.294. The van der Waals surface area contributed by atoms with Crippen LogP contribution in [0.5, 0.6) is 5.75 Å². The average molecular weight is 271 g/mol. The largest absolute Gasteiger partial charge is 0.496 e. The quantitative estimate of drug-likeness (QED) is 0.894. The number of hydrogen-bond acceptors (Lipinski definition) is 2. The van der Waals surface area contributed by atoms with Gasteiger partial charge in [0.1, 0.15) is 11.6 Å². The van der Waals surface area contributed by atoms with Crippen LogP contribution in [-0.4, -0.2) is 13.2 Å². The molecule has 0 unspecified atom stereocenters. The highest BCUT2D eigenvalue weighted by Crippen LogP contribution is 2.31. The molecule has 3 rings (SSSR count). The van der Waals surface area contributed by atoms with Gasteiger partial charge in [-0.1, -0.05) is 18.2 Å². The van der Waals surface area contributed by atoms with E-state index in [1.54, 1.807) is 13.2 Å². The van der Waals surface area contributed by atoms with Crippen molar-refractivity contribution in [1.82, 2.24) is 5.32 Å². The van der Waals surface area contributed by atoms with E-state index < -0.39 is 0 Å². The van der Waals surface area contributed by atoms with Crippen LogP contribution in [0.3, 0.4) is 0 Å². The number of ether oxygens (including phenoxy) is 1. The molecule has 104 valence electrons. The summed E-state index contributed by atoms with van der Waals surface area (Å²) < 4.78 is 18.8. The van der Waals surface area contributed by atoms with Crippen molar-refractivity contribution in [2.75, 3.05) is 7.11 Å². The Labute approximate surface area is 118 Å². The van der Waals surface area contributed by atoms with E-state index in [1.807, 2.05) is 12.1 Å². The lowest BCUT2D eigenvalue weighted by Gasteiger charge is -2.10. The van der Waals surface area contributed by atoms with Crippen molar-refractivity contribution < 1.29 is 9.13 Å². The second-order valence-corrected chi connectivity index (χ2v) is 5.20. The van der Waals surface area contributed by atoms with Crippen molar-refractivity contribution in [2.45, 2.75) is 25.4 Å². The van der Waals surface area contributed by atoms with Gasteiger partial charge in [0.2, 0.25) is 0 Å². The van der Waals surface area contributed by atoms with Gasteiger partial charge in [0.05, 0.1) is 7.11 Å². The summed E-state index contributed by atoms with van der Waals surface area (Å²) in [7, 11) is 1.61. The van der Waals surface area contributed by atoms with Crippen molar-refractivity contribution >= 4 is 0 Å². The zero-order valence-electron chi connectivity index (χ0n) is 11.5. The fourth-order valence-corrected chi connectivity index (χ4v) is 2.30. The van der Waals surface area contributed by atoms with Crippen molar-refractivity contribution in [3.8, 4) is 16.9 Å². The Hall–Kier alpha value is -1.87. The first-order valence-corrected chi connectivity index (χ1v) is 6.92. The molecule has 2 aromatic rings. The molecule has 1 aliphatic rings. The van der Waals surface area contributed by atoms with E-state index in [0.29, 0.717) is 11.8 Å². The van der Waals surface area contributed by atoms with Crippen LogP contribution < -0.4 is 10.1 Å². The number of halogens is 1. The van der Waals surface area contributed by atoms with Crippen molar-refractivity contribution in [3.63, 3.8) is 0 Å². The van der Waals surface area contributed by atoms with Crippen LogP contribution in [0.1, 0.15) is 18.4 Å². The molecule has 1 N–H and O–H groups in total. The lowest BCUT2D eigenvalue weighted by molar-refractivity contribution is 0.415. The standard InChI is InChI=1S/C17H18FNO/c1-20-17-8-5-14(18)10-16(17)13-4-2-3-12(9-13)11-19-15-6-7-15/h2-5,8-10,15,19H,6-7,11H2,1H3. The smallest absolute Gasteiger partial charge is 0.126 e. The number of hydrogen-bond donors (Lipinski definition) is 1. The van der Waals surface area contributed by atoms with Gasteiger partial charge in [0, 0.05) is 18.2 Å². The molecule has 3 heteroatoms. The number of benzene rings is 2. The molecular weight excluding hydrogens is 253 g/mol. The SMILES string of the molecule is COc1ccc(F)cc1-c1cccc(CNC2CC2)c1. The molecular formula is C17H18FNO. The van der Waals surface area contributed by atoms with Crippen molar-refractivity contribution in [1.29, 1.82) is 0 Å². The molecule has 0 bridgehead atoms. The highest BCUT2D eigenvalue weighted by molar-refractivity contribution is 5.71. The maximum atomic E-state index is 13.5. The molecule has 0 radical (unpaired) electrons. The third kappa shape index (κ3) is 2.99. The summed E-state index contributed by atoms with van der Waals surface area (Å²) in [6.45, 7) is 0.857. The van der Waals surface area contributed by atoms with Crippen LogP contribution in [0.15, 0.2) is 42.5 Å². The first-order valence-electron chi connectivity index (χ1n) is 6.92. The van der Waals surface area contributed by atoms with Crippen molar-refractivity contribution in [3.05, 3.63) is 53.8 Å². The Balaban J connectivity index is 1.88. The Bertz CT molecular complexity index is 608. The number of nitrogens with one attached hydrogen (secondary N) is 1. The molecule has 0 heterocycles. The molecule has 0 saturated heterocycles. The van der Waals surface area contributed by atoms with E-state index in [4.69, 9.17) is 4.74 Å². The van der Waals surface area contributed by atoms with Crippen LogP contribution >= 0.6 is 0 Å². The van der Waals surface area contributed by atoms with Crippen LogP contribution in [0, 0.1) is 5.82 Å². The van der Waals surface area contributed by atoms with Gasteiger partial charge >= 0.3 is 0 Å². The summed E-state index contributed by atoms with van der Waals surface area (Å²) in [6.07, 6.45) is 2.55. The fourth-order valence-electron chi connectivity index (χ4n) is 2.30. The second kappa shape index (κ2) is 5.63. The number of methoxy groups -OCH3 is 1. The van der Waals surface area contributed by atoms with E-state index in [9.17, 15) is 4.39 Å². The minimum absolute atomic E-state index is 0.248. The highest BCUT2D eigenvalue weighted by atomic mass is 19.1. The zero-order valence-corrected chi connectivity index (χ0v) is 11.5. The van der Waals surface area contributed by atoms with E-state index in [2.05, 4.69) is 17.4 Å². The van der Waals surface area contributed by atoms with Gasteiger partial charge in [-0.2, -0.15) is 0 Å². The molecule has 0 aromatic heterocycles. The molecule has 1 aliphatic carbocycles.